The van der Waals surface area contributed by atoms with Gasteiger partial charge in [0.1, 0.15) is 0 Å². The van der Waals surface area contributed by atoms with Crippen LogP contribution in [0.3, 0.4) is 0 Å². The molecule has 2 atom stereocenters. The lowest BCUT2D eigenvalue weighted by molar-refractivity contribution is 0.0583. The predicted molar refractivity (Wildman–Crippen MR) is 92.4 cm³/mol. The Hall–Kier alpha value is -1.97. The maximum absolute atomic E-state index is 13.3. The standard InChI is InChI=1S/C17H22N2O6S/c1-24-16(20)11-3-6-14(17(21)25-2)15(9-11)26(22,23)19-8-7-12-4-5-13(10-19)18-12/h3,6,9,12-13,18H,4-5,7-8,10H2,1-2H3. The molecule has 1 N–H and O–H groups in total. The van der Waals surface area contributed by atoms with Crippen LogP contribution in [0.15, 0.2) is 23.1 Å². The molecule has 9 heteroatoms. The molecule has 2 bridgehead atoms. The van der Waals surface area contributed by atoms with Crippen molar-refractivity contribution in [1.29, 1.82) is 0 Å². The summed E-state index contributed by atoms with van der Waals surface area (Å²) in [6, 6.07) is 4.24. The van der Waals surface area contributed by atoms with Gasteiger partial charge in [0.2, 0.25) is 10.0 Å². The normalized spacial score (nSPS) is 23.3. The van der Waals surface area contributed by atoms with Gasteiger partial charge in [0.05, 0.1) is 30.2 Å². The zero-order valence-corrected chi connectivity index (χ0v) is 15.5. The van der Waals surface area contributed by atoms with Crippen molar-refractivity contribution < 1.29 is 27.5 Å². The summed E-state index contributed by atoms with van der Waals surface area (Å²) in [4.78, 5) is 23.7. The maximum Gasteiger partial charge on any atom is 0.339 e. The molecule has 8 nitrogen and oxygen atoms in total. The van der Waals surface area contributed by atoms with Gasteiger partial charge in [-0.3, -0.25) is 0 Å². The number of esters is 2. The number of nitrogens with one attached hydrogen (secondary N) is 1. The van der Waals surface area contributed by atoms with Gasteiger partial charge in [0, 0.05) is 25.2 Å². The summed E-state index contributed by atoms with van der Waals surface area (Å²) in [5, 5.41) is 3.42. The average Bonchev–Trinajstić information content (AvgIpc) is 2.97. The summed E-state index contributed by atoms with van der Waals surface area (Å²) in [6.45, 7) is 0.696. The lowest BCUT2D eigenvalue weighted by Gasteiger charge is -2.24. The molecule has 2 aliphatic rings. The Morgan fingerprint density at radius 3 is 2.46 bits per heavy atom. The number of hydrogen-bond acceptors (Lipinski definition) is 7. The van der Waals surface area contributed by atoms with Crippen molar-refractivity contribution in [2.75, 3.05) is 27.3 Å². The second kappa shape index (κ2) is 7.34. The van der Waals surface area contributed by atoms with Crippen LogP contribution >= 0.6 is 0 Å². The monoisotopic (exact) mass is 382 g/mol. The first-order chi connectivity index (χ1) is 12.4. The summed E-state index contributed by atoms with van der Waals surface area (Å²) in [7, 11) is -1.58. The van der Waals surface area contributed by atoms with E-state index in [1.54, 1.807) is 0 Å². The number of rotatable bonds is 4. The molecule has 142 valence electrons. The van der Waals surface area contributed by atoms with Gasteiger partial charge in [-0.05, 0) is 37.5 Å². The van der Waals surface area contributed by atoms with E-state index in [-0.39, 0.29) is 22.1 Å². The minimum atomic E-state index is -3.97. The summed E-state index contributed by atoms with van der Waals surface area (Å²) < 4.78 is 37.3. The highest BCUT2D eigenvalue weighted by Gasteiger charge is 2.37. The zero-order chi connectivity index (χ0) is 18.9. The largest absolute Gasteiger partial charge is 0.465 e. The fourth-order valence-electron chi connectivity index (χ4n) is 3.53. The fourth-order valence-corrected chi connectivity index (χ4v) is 5.23. The second-order valence-corrected chi connectivity index (χ2v) is 8.39. The maximum atomic E-state index is 13.3. The van der Waals surface area contributed by atoms with Crippen LogP contribution in [0.4, 0.5) is 0 Å². The van der Waals surface area contributed by atoms with E-state index in [1.807, 2.05) is 0 Å². The van der Waals surface area contributed by atoms with Crippen molar-refractivity contribution in [3.63, 3.8) is 0 Å². The number of sulfonamides is 1. The zero-order valence-electron chi connectivity index (χ0n) is 14.7. The molecular formula is C17H22N2O6S. The third-order valence-electron chi connectivity index (χ3n) is 4.91. The van der Waals surface area contributed by atoms with E-state index in [4.69, 9.17) is 4.74 Å². The van der Waals surface area contributed by atoms with Gasteiger partial charge >= 0.3 is 11.9 Å². The third-order valence-corrected chi connectivity index (χ3v) is 6.82. The Bertz CT molecular complexity index is 823. The highest BCUT2D eigenvalue weighted by atomic mass is 32.2. The molecule has 26 heavy (non-hydrogen) atoms. The molecule has 0 amide bonds. The lowest BCUT2D eigenvalue weighted by atomic mass is 10.1. The van der Waals surface area contributed by atoms with Crippen molar-refractivity contribution >= 4 is 22.0 Å². The quantitative estimate of drug-likeness (QED) is 0.768. The van der Waals surface area contributed by atoms with Crippen LogP contribution in [-0.4, -0.2) is 64.1 Å². The summed E-state index contributed by atoms with van der Waals surface area (Å²) in [5.41, 5.74) is -0.0317. The SMILES string of the molecule is COC(=O)c1ccc(C(=O)OC)c(S(=O)(=O)N2CCC3CCC(C2)N3)c1. The van der Waals surface area contributed by atoms with Crippen LogP contribution in [0, 0.1) is 0 Å². The molecule has 2 saturated heterocycles. The van der Waals surface area contributed by atoms with Gasteiger partial charge in [-0.15, -0.1) is 0 Å². The number of carbonyl (C=O) groups is 2. The van der Waals surface area contributed by atoms with Gasteiger partial charge in [-0.1, -0.05) is 0 Å². The number of nitrogens with zero attached hydrogens (tertiary/aromatic N) is 1. The molecule has 1 aromatic rings. The smallest absolute Gasteiger partial charge is 0.339 e. The molecule has 0 aliphatic carbocycles. The third kappa shape index (κ3) is 3.46. The number of ether oxygens (including phenoxy) is 2. The van der Waals surface area contributed by atoms with Gasteiger partial charge in [0.25, 0.3) is 0 Å². The van der Waals surface area contributed by atoms with E-state index in [2.05, 4.69) is 10.1 Å². The van der Waals surface area contributed by atoms with Crippen LogP contribution in [0.1, 0.15) is 40.0 Å². The van der Waals surface area contributed by atoms with Crippen LogP contribution < -0.4 is 5.32 Å². The van der Waals surface area contributed by atoms with Crippen LogP contribution in [-0.2, 0) is 19.5 Å². The van der Waals surface area contributed by atoms with Gasteiger partial charge < -0.3 is 14.8 Å². The minimum Gasteiger partial charge on any atom is -0.465 e. The molecule has 0 spiro atoms. The van der Waals surface area contributed by atoms with Gasteiger partial charge in [-0.2, -0.15) is 4.31 Å². The molecule has 0 aromatic heterocycles. The highest BCUT2D eigenvalue weighted by molar-refractivity contribution is 7.89. The van der Waals surface area contributed by atoms with E-state index in [9.17, 15) is 18.0 Å². The van der Waals surface area contributed by atoms with Crippen LogP contribution in [0.25, 0.3) is 0 Å². The van der Waals surface area contributed by atoms with Gasteiger partial charge in [-0.25, -0.2) is 18.0 Å². The Labute approximate surface area is 152 Å². The van der Waals surface area contributed by atoms with Crippen molar-refractivity contribution in [1.82, 2.24) is 9.62 Å². The number of methoxy groups -OCH3 is 2. The van der Waals surface area contributed by atoms with Crippen molar-refractivity contribution in [3.05, 3.63) is 29.3 Å². The highest BCUT2D eigenvalue weighted by Crippen LogP contribution is 2.28. The fraction of sp³-hybridized carbons (Fsp3) is 0.529. The molecule has 0 saturated carbocycles. The number of hydrogen-bond donors (Lipinski definition) is 1. The van der Waals surface area contributed by atoms with Crippen molar-refractivity contribution in [2.45, 2.75) is 36.2 Å². The molecule has 1 aromatic carbocycles. The topological polar surface area (TPSA) is 102 Å². The average molecular weight is 382 g/mol. The first kappa shape index (κ1) is 18.8. The van der Waals surface area contributed by atoms with E-state index >= 15 is 0 Å². The van der Waals surface area contributed by atoms with Gasteiger partial charge in [0.15, 0.2) is 0 Å². The summed E-state index contributed by atoms with van der Waals surface area (Å²) >= 11 is 0. The molecule has 2 unspecified atom stereocenters. The Balaban J connectivity index is 2.03. The Morgan fingerprint density at radius 2 is 1.77 bits per heavy atom. The molecular weight excluding hydrogens is 360 g/mol. The molecule has 2 heterocycles. The lowest BCUT2D eigenvalue weighted by Crippen LogP contribution is -2.39. The van der Waals surface area contributed by atoms with E-state index in [1.165, 1.54) is 36.7 Å². The first-order valence-electron chi connectivity index (χ1n) is 8.43. The van der Waals surface area contributed by atoms with E-state index in [0.717, 1.165) is 12.8 Å². The second-order valence-electron chi connectivity index (χ2n) is 6.48. The molecule has 2 fully saturated rings. The first-order valence-corrected chi connectivity index (χ1v) is 9.87. The van der Waals surface area contributed by atoms with Crippen LogP contribution in [0.5, 0.6) is 0 Å². The minimum absolute atomic E-state index is 0.0631. The summed E-state index contributed by atoms with van der Waals surface area (Å²) in [5.74, 6) is -1.44. The molecule has 3 rings (SSSR count). The van der Waals surface area contributed by atoms with Crippen molar-refractivity contribution in [3.8, 4) is 0 Å². The van der Waals surface area contributed by atoms with E-state index < -0.39 is 22.0 Å². The molecule has 2 aliphatic heterocycles. The van der Waals surface area contributed by atoms with Crippen molar-refractivity contribution in [2.24, 2.45) is 0 Å². The molecule has 0 radical (unpaired) electrons. The predicted octanol–water partition coefficient (Wildman–Crippen LogP) is 0.775. The van der Waals surface area contributed by atoms with E-state index in [0.29, 0.717) is 25.6 Å². The number of benzene rings is 1. The Morgan fingerprint density at radius 1 is 1.08 bits per heavy atom. The Kier molecular flexibility index (Phi) is 5.31. The summed E-state index contributed by atoms with van der Waals surface area (Å²) in [6.07, 6.45) is 2.67. The number of carbonyl (C=O) groups excluding carboxylic acids is 2. The number of fused-ring (bicyclic) bond motifs is 2. The van der Waals surface area contributed by atoms with Crippen LogP contribution in [0.2, 0.25) is 0 Å².